The Bertz CT molecular complexity index is 141. The van der Waals surface area contributed by atoms with E-state index in [9.17, 15) is 4.79 Å². The van der Waals surface area contributed by atoms with Crippen LogP contribution in [0, 0.1) is 5.92 Å². The summed E-state index contributed by atoms with van der Waals surface area (Å²) in [5.74, 6) is 0.824. The summed E-state index contributed by atoms with van der Waals surface area (Å²) in [7, 11) is 0. The van der Waals surface area contributed by atoms with Gasteiger partial charge in [0.1, 0.15) is 0 Å². The maximum Gasteiger partial charge on any atom is 0.294 e. The lowest BCUT2D eigenvalue weighted by Crippen LogP contribution is -2.40. The SMILES string of the molecule is CC1CCN(C(C)OC=O)CC1. The molecule has 1 fully saturated rings. The van der Waals surface area contributed by atoms with Crippen LogP contribution in [-0.2, 0) is 9.53 Å². The van der Waals surface area contributed by atoms with Gasteiger partial charge in [-0.2, -0.15) is 0 Å². The summed E-state index contributed by atoms with van der Waals surface area (Å²) in [5.41, 5.74) is 0. The highest BCUT2D eigenvalue weighted by Gasteiger charge is 2.20. The minimum Gasteiger partial charge on any atom is -0.449 e. The van der Waals surface area contributed by atoms with Crippen LogP contribution in [0.3, 0.4) is 0 Å². The van der Waals surface area contributed by atoms with Crippen molar-refractivity contribution in [3.63, 3.8) is 0 Å². The number of hydrogen-bond acceptors (Lipinski definition) is 3. The molecule has 3 heteroatoms. The Hall–Kier alpha value is -0.570. The van der Waals surface area contributed by atoms with Gasteiger partial charge in [-0.3, -0.25) is 9.69 Å². The molecule has 0 saturated carbocycles. The van der Waals surface area contributed by atoms with Crippen LogP contribution in [0.1, 0.15) is 26.7 Å². The van der Waals surface area contributed by atoms with Gasteiger partial charge in [0.25, 0.3) is 6.47 Å². The van der Waals surface area contributed by atoms with E-state index in [-0.39, 0.29) is 6.23 Å². The molecule has 0 radical (unpaired) electrons. The standard InChI is InChI=1S/C9H17NO2/c1-8-3-5-10(6-4-8)9(2)12-7-11/h7-9H,3-6H2,1-2H3. The first-order chi connectivity index (χ1) is 5.74. The lowest BCUT2D eigenvalue weighted by atomic mass is 9.99. The number of ether oxygens (including phenoxy) is 1. The van der Waals surface area contributed by atoms with E-state index in [2.05, 4.69) is 11.8 Å². The van der Waals surface area contributed by atoms with Gasteiger partial charge in [0.15, 0.2) is 6.23 Å². The average Bonchev–Trinajstić information content (AvgIpc) is 2.06. The molecule has 12 heavy (non-hydrogen) atoms. The summed E-state index contributed by atoms with van der Waals surface area (Å²) in [6.07, 6.45) is 2.38. The quantitative estimate of drug-likeness (QED) is 0.598. The number of piperidine rings is 1. The first-order valence-corrected chi connectivity index (χ1v) is 4.57. The van der Waals surface area contributed by atoms with Gasteiger partial charge in [-0.1, -0.05) is 6.92 Å². The number of rotatable bonds is 3. The fourth-order valence-electron chi connectivity index (χ4n) is 1.56. The Kier molecular flexibility index (Phi) is 3.53. The monoisotopic (exact) mass is 171 g/mol. The highest BCUT2D eigenvalue weighted by Crippen LogP contribution is 2.17. The molecular formula is C9H17NO2. The third-order valence-electron chi connectivity index (χ3n) is 2.58. The van der Waals surface area contributed by atoms with Crippen molar-refractivity contribution in [2.24, 2.45) is 5.92 Å². The molecule has 0 aliphatic carbocycles. The highest BCUT2D eigenvalue weighted by molar-refractivity contribution is 5.37. The molecule has 0 bridgehead atoms. The van der Waals surface area contributed by atoms with Gasteiger partial charge in [-0.25, -0.2) is 0 Å². The lowest BCUT2D eigenvalue weighted by Gasteiger charge is -2.33. The Balaban J connectivity index is 2.28. The molecule has 0 spiro atoms. The molecule has 0 aromatic rings. The Morgan fingerprint density at radius 3 is 2.58 bits per heavy atom. The zero-order valence-corrected chi connectivity index (χ0v) is 7.82. The van der Waals surface area contributed by atoms with Gasteiger partial charge in [0.05, 0.1) is 0 Å². The zero-order valence-electron chi connectivity index (χ0n) is 7.82. The second-order valence-corrected chi connectivity index (χ2v) is 3.55. The number of carbonyl (C=O) groups excluding carboxylic acids is 1. The van der Waals surface area contributed by atoms with Crippen LogP contribution in [0.5, 0.6) is 0 Å². The number of likely N-dealkylation sites (tertiary alicyclic amines) is 1. The lowest BCUT2D eigenvalue weighted by molar-refractivity contribution is -0.142. The molecule has 1 rings (SSSR count). The summed E-state index contributed by atoms with van der Waals surface area (Å²) in [6, 6.07) is 0. The van der Waals surface area contributed by atoms with Crippen LogP contribution in [0.25, 0.3) is 0 Å². The minimum atomic E-state index is -0.0463. The largest absolute Gasteiger partial charge is 0.449 e. The summed E-state index contributed by atoms with van der Waals surface area (Å²) in [4.78, 5) is 12.3. The van der Waals surface area contributed by atoms with Crippen molar-refractivity contribution in [1.82, 2.24) is 4.90 Å². The molecule has 1 unspecified atom stereocenters. The van der Waals surface area contributed by atoms with E-state index >= 15 is 0 Å². The predicted molar refractivity (Wildman–Crippen MR) is 46.6 cm³/mol. The first kappa shape index (κ1) is 9.52. The van der Waals surface area contributed by atoms with E-state index in [1.54, 1.807) is 0 Å². The molecule has 0 aromatic carbocycles. The molecule has 1 heterocycles. The van der Waals surface area contributed by atoms with Crippen LogP contribution in [-0.4, -0.2) is 30.7 Å². The van der Waals surface area contributed by atoms with E-state index in [4.69, 9.17) is 4.74 Å². The van der Waals surface area contributed by atoms with E-state index in [1.165, 1.54) is 12.8 Å². The van der Waals surface area contributed by atoms with Crippen LogP contribution in [0.15, 0.2) is 0 Å². The topological polar surface area (TPSA) is 29.5 Å². The van der Waals surface area contributed by atoms with E-state index in [1.807, 2.05) is 6.92 Å². The van der Waals surface area contributed by atoms with Gasteiger partial charge in [0.2, 0.25) is 0 Å². The van der Waals surface area contributed by atoms with Crippen LogP contribution < -0.4 is 0 Å². The molecule has 1 aliphatic rings. The summed E-state index contributed by atoms with van der Waals surface area (Å²) in [6.45, 7) is 6.82. The Morgan fingerprint density at radius 1 is 1.50 bits per heavy atom. The molecule has 1 saturated heterocycles. The van der Waals surface area contributed by atoms with Gasteiger partial charge in [-0.05, 0) is 25.7 Å². The molecule has 70 valence electrons. The summed E-state index contributed by atoms with van der Waals surface area (Å²) in [5, 5.41) is 0. The van der Waals surface area contributed by atoms with Gasteiger partial charge >= 0.3 is 0 Å². The fourth-order valence-corrected chi connectivity index (χ4v) is 1.56. The van der Waals surface area contributed by atoms with Crippen molar-refractivity contribution < 1.29 is 9.53 Å². The van der Waals surface area contributed by atoms with Crippen molar-refractivity contribution in [2.45, 2.75) is 32.9 Å². The molecular weight excluding hydrogens is 154 g/mol. The van der Waals surface area contributed by atoms with E-state index in [0.717, 1.165) is 19.0 Å². The van der Waals surface area contributed by atoms with Gasteiger partial charge in [0, 0.05) is 13.1 Å². The molecule has 0 amide bonds. The molecule has 0 aromatic heterocycles. The normalized spacial score (nSPS) is 23.5. The second-order valence-electron chi connectivity index (χ2n) is 3.55. The third kappa shape index (κ3) is 2.48. The molecule has 1 atom stereocenters. The first-order valence-electron chi connectivity index (χ1n) is 4.57. The van der Waals surface area contributed by atoms with Crippen molar-refractivity contribution >= 4 is 6.47 Å². The highest BCUT2D eigenvalue weighted by atomic mass is 16.5. The third-order valence-corrected chi connectivity index (χ3v) is 2.58. The predicted octanol–water partition coefficient (Wildman–Crippen LogP) is 1.24. The van der Waals surface area contributed by atoms with Crippen molar-refractivity contribution in [2.75, 3.05) is 13.1 Å². The van der Waals surface area contributed by atoms with Crippen LogP contribution in [0.2, 0.25) is 0 Å². The second kappa shape index (κ2) is 4.45. The van der Waals surface area contributed by atoms with Crippen molar-refractivity contribution in [3.05, 3.63) is 0 Å². The van der Waals surface area contributed by atoms with Crippen molar-refractivity contribution in [3.8, 4) is 0 Å². The summed E-state index contributed by atoms with van der Waals surface area (Å²) < 4.78 is 4.86. The molecule has 1 aliphatic heterocycles. The Labute approximate surface area is 73.7 Å². The Morgan fingerprint density at radius 2 is 2.08 bits per heavy atom. The maximum absolute atomic E-state index is 10.1. The molecule has 3 nitrogen and oxygen atoms in total. The van der Waals surface area contributed by atoms with E-state index in [0.29, 0.717) is 6.47 Å². The van der Waals surface area contributed by atoms with Crippen LogP contribution in [0.4, 0.5) is 0 Å². The number of nitrogens with zero attached hydrogens (tertiary/aromatic N) is 1. The van der Waals surface area contributed by atoms with Crippen LogP contribution >= 0.6 is 0 Å². The maximum atomic E-state index is 10.1. The fraction of sp³-hybridized carbons (Fsp3) is 0.889. The van der Waals surface area contributed by atoms with E-state index < -0.39 is 0 Å². The number of hydrogen-bond donors (Lipinski definition) is 0. The molecule has 0 N–H and O–H groups in total. The van der Waals surface area contributed by atoms with Gasteiger partial charge in [-0.15, -0.1) is 0 Å². The zero-order chi connectivity index (χ0) is 8.97. The summed E-state index contributed by atoms with van der Waals surface area (Å²) >= 11 is 0. The van der Waals surface area contributed by atoms with Gasteiger partial charge < -0.3 is 4.74 Å². The van der Waals surface area contributed by atoms with Crippen molar-refractivity contribution in [1.29, 1.82) is 0 Å². The average molecular weight is 171 g/mol. The smallest absolute Gasteiger partial charge is 0.294 e. The minimum absolute atomic E-state index is 0.0463. The number of carbonyl (C=O) groups is 1.